The number of carbonyl (C=O) groups is 3. The first-order valence-electron chi connectivity index (χ1n) is 9.44. The van der Waals surface area contributed by atoms with E-state index < -0.39 is 41.2 Å². The molecule has 33 heavy (non-hydrogen) atoms. The first-order chi connectivity index (χ1) is 15.5. The van der Waals surface area contributed by atoms with Crippen LogP contribution in [0.4, 0.5) is 22.4 Å². The van der Waals surface area contributed by atoms with Gasteiger partial charge >= 0.3 is 12.1 Å². The summed E-state index contributed by atoms with van der Waals surface area (Å²) in [5.41, 5.74) is 0.0399. The normalized spacial score (nSPS) is 15.8. The molecule has 0 atom stereocenters. The third-order valence-electron chi connectivity index (χ3n) is 4.98. The molecule has 2 aromatic carbocycles. The number of thioether (sulfide) groups is 1. The second-order valence-corrected chi connectivity index (χ2v) is 8.22. The summed E-state index contributed by atoms with van der Waals surface area (Å²) in [5.74, 6) is -2.99. The lowest BCUT2D eigenvalue weighted by Crippen LogP contribution is -2.33. The molecule has 6 nitrogen and oxygen atoms in total. The van der Waals surface area contributed by atoms with Crippen molar-refractivity contribution in [3.63, 3.8) is 0 Å². The molecule has 0 aliphatic carbocycles. The Morgan fingerprint density at radius 3 is 2.55 bits per heavy atom. The van der Waals surface area contributed by atoms with Gasteiger partial charge in [0.2, 0.25) is 0 Å². The van der Waals surface area contributed by atoms with Gasteiger partial charge in [-0.05, 0) is 59.3 Å². The van der Waals surface area contributed by atoms with Crippen molar-refractivity contribution in [1.29, 1.82) is 0 Å². The van der Waals surface area contributed by atoms with Gasteiger partial charge in [0, 0.05) is 23.6 Å². The zero-order valence-electron chi connectivity index (χ0n) is 16.6. The van der Waals surface area contributed by atoms with Gasteiger partial charge in [0.25, 0.3) is 11.1 Å². The number of nitrogens with zero attached hydrogens (tertiary/aromatic N) is 2. The molecule has 0 unspecified atom stereocenters. The summed E-state index contributed by atoms with van der Waals surface area (Å²) in [6.45, 7) is -0.862. The molecule has 1 aliphatic rings. The highest BCUT2D eigenvalue weighted by atomic mass is 32.2. The van der Waals surface area contributed by atoms with E-state index in [-0.39, 0.29) is 17.0 Å². The zero-order valence-corrected chi connectivity index (χ0v) is 17.4. The lowest BCUT2D eigenvalue weighted by molar-refractivity contribution is -0.140. The van der Waals surface area contributed by atoms with E-state index in [0.29, 0.717) is 39.2 Å². The standard InChI is InChI=1S/C22H14F4N2O4S/c23-15-3-2-14(16(9-15)22(24,25)26)10-27-6-5-13-7-12(1-4-17(13)27)8-18-20(31)28(11-19(29)30)21(32)33-18/h1-9H,10-11H2,(H,29,30). The van der Waals surface area contributed by atoms with E-state index in [2.05, 4.69) is 0 Å². The van der Waals surface area contributed by atoms with Gasteiger partial charge in [-0.2, -0.15) is 13.2 Å². The highest BCUT2D eigenvalue weighted by Crippen LogP contribution is 2.34. The first-order valence-corrected chi connectivity index (χ1v) is 10.3. The zero-order chi connectivity index (χ0) is 23.9. The van der Waals surface area contributed by atoms with Crippen LogP contribution in [0, 0.1) is 5.82 Å². The van der Waals surface area contributed by atoms with Crippen molar-refractivity contribution < 1.29 is 37.1 Å². The van der Waals surface area contributed by atoms with Crippen LogP contribution in [-0.2, 0) is 22.3 Å². The Morgan fingerprint density at radius 2 is 1.85 bits per heavy atom. The Hall–Kier alpha value is -3.60. The summed E-state index contributed by atoms with van der Waals surface area (Å²) in [6.07, 6.45) is -1.65. The number of aliphatic carboxylic acids is 1. The molecule has 0 bridgehead atoms. The molecule has 1 aliphatic heterocycles. The van der Waals surface area contributed by atoms with Gasteiger partial charge in [0.05, 0.1) is 10.5 Å². The van der Waals surface area contributed by atoms with E-state index in [4.69, 9.17) is 5.11 Å². The fourth-order valence-corrected chi connectivity index (χ4v) is 4.34. The summed E-state index contributed by atoms with van der Waals surface area (Å²) in [4.78, 5) is 35.7. The molecular formula is C22H14F4N2O4S. The van der Waals surface area contributed by atoms with Crippen molar-refractivity contribution in [2.75, 3.05) is 6.54 Å². The third-order valence-corrected chi connectivity index (χ3v) is 5.89. The molecule has 0 saturated carbocycles. The molecule has 1 aromatic heterocycles. The van der Waals surface area contributed by atoms with Crippen LogP contribution < -0.4 is 0 Å². The smallest absolute Gasteiger partial charge is 0.416 e. The summed E-state index contributed by atoms with van der Waals surface area (Å²) in [5, 5.41) is 8.82. The molecule has 1 saturated heterocycles. The Morgan fingerprint density at radius 1 is 1.09 bits per heavy atom. The van der Waals surface area contributed by atoms with Gasteiger partial charge in [-0.25, -0.2) is 4.39 Å². The average Bonchev–Trinajstić information content (AvgIpc) is 3.24. The van der Waals surface area contributed by atoms with Crippen LogP contribution in [-0.4, -0.2) is 38.2 Å². The van der Waals surface area contributed by atoms with Crippen molar-refractivity contribution in [2.24, 2.45) is 0 Å². The second kappa shape index (κ2) is 8.39. The van der Waals surface area contributed by atoms with Crippen LogP contribution in [0.1, 0.15) is 16.7 Å². The summed E-state index contributed by atoms with van der Waals surface area (Å²) in [6, 6.07) is 9.19. The van der Waals surface area contributed by atoms with Crippen LogP contribution in [0.15, 0.2) is 53.6 Å². The van der Waals surface area contributed by atoms with Crippen molar-refractivity contribution in [2.45, 2.75) is 12.7 Å². The highest BCUT2D eigenvalue weighted by Gasteiger charge is 2.36. The highest BCUT2D eigenvalue weighted by molar-refractivity contribution is 8.18. The molecule has 170 valence electrons. The second-order valence-electron chi connectivity index (χ2n) is 7.22. The van der Waals surface area contributed by atoms with Gasteiger partial charge in [0.1, 0.15) is 12.4 Å². The number of aromatic nitrogens is 1. The Bertz CT molecular complexity index is 1330. The van der Waals surface area contributed by atoms with Crippen molar-refractivity contribution in [1.82, 2.24) is 9.47 Å². The minimum Gasteiger partial charge on any atom is -0.480 e. The summed E-state index contributed by atoms with van der Waals surface area (Å²) >= 11 is 0.629. The van der Waals surface area contributed by atoms with E-state index >= 15 is 0 Å². The number of halogens is 4. The van der Waals surface area contributed by atoms with Crippen LogP contribution in [0.3, 0.4) is 0 Å². The number of carbonyl (C=O) groups excluding carboxylic acids is 2. The van der Waals surface area contributed by atoms with Crippen LogP contribution in [0.2, 0.25) is 0 Å². The van der Waals surface area contributed by atoms with Crippen molar-refractivity contribution in [3.05, 3.63) is 76.1 Å². The number of imide groups is 1. The maximum Gasteiger partial charge on any atom is 0.416 e. The number of alkyl halides is 3. The minimum absolute atomic E-state index is 0.0705. The maximum atomic E-state index is 13.4. The Labute approximate surface area is 188 Å². The molecule has 0 spiro atoms. The predicted molar refractivity (Wildman–Crippen MR) is 113 cm³/mol. The largest absolute Gasteiger partial charge is 0.480 e. The van der Waals surface area contributed by atoms with Gasteiger partial charge in [-0.3, -0.25) is 19.3 Å². The molecule has 2 amide bonds. The van der Waals surface area contributed by atoms with E-state index in [9.17, 15) is 31.9 Å². The number of carboxylic acids is 1. The quantitative estimate of drug-likeness (QED) is 0.414. The topological polar surface area (TPSA) is 79.6 Å². The molecule has 3 aromatic rings. The fourth-order valence-electron chi connectivity index (χ4n) is 3.50. The molecule has 4 rings (SSSR count). The number of carboxylic acid groups (broad SMARTS) is 1. The SMILES string of the molecule is O=C(O)CN1C(=O)SC(=Cc2ccc3c(ccn3Cc3ccc(F)cc3C(F)(F)F)c2)C1=O. The number of hydrogen-bond donors (Lipinski definition) is 1. The van der Waals surface area contributed by atoms with E-state index in [1.165, 1.54) is 6.08 Å². The monoisotopic (exact) mass is 478 g/mol. The van der Waals surface area contributed by atoms with Gasteiger partial charge in [0.15, 0.2) is 0 Å². The number of benzene rings is 2. The average molecular weight is 478 g/mol. The van der Waals surface area contributed by atoms with Crippen LogP contribution in [0.5, 0.6) is 0 Å². The van der Waals surface area contributed by atoms with Crippen molar-refractivity contribution in [3.8, 4) is 0 Å². The predicted octanol–water partition coefficient (Wildman–Crippen LogP) is 4.97. The molecule has 1 N–H and O–H groups in total. The lowest BCUT2D eigenvalue weighted by Gasteiger charge is -2.14. The van der Waals surface area contributed by atoms with E-state index in [1.807, 2.05) is 0 Å². The van der Waals surface area contributed by atoms with Crippen LogP contribution >= 0.6 is 11.8 Å². The van der Waals surface area contributed by atoms with Crippen molar-refractivity contribution >= 4 is 45.9 Å². The van der Waals surface area contributed by atoms with Crippen LogP contribution in [0.25, 0.3) is 17.0 Å². The number of hydrogen-bond acceptors (Lipinski definition) is 4. The maximum absolute atomic E-state index is 13.4. The molecular weight excluding hydrogens is 464 g/mol. The lowest BCUT2D eigenvalue weighted by atomic mass is 10.1. The first kappa shape index (κ1) is 22.6. The molecule has 0 radical (unpaired) electrons. The summed E-state index contributed by atoms with van der Waals surface area (Å²) < 4.78 is 54.9. The molecule has 2 heterocycles. The summed E-state index contributed by atoms with van der Waals surface area (Å²) in [7, 11) is 0. The molecule has 11 heteroatoms. The molecule has 1 fully saturated rings. The number of rotatable bonds is 5. The fraction of sp³-hybridized carbons (Fsp3) is 0.136. The van der Waals surface area contributed by atoms with Gasteiger partial charge < -0.3 is 9.67 Å². The van der Waals surface area contributed by atoms with E-state index in [1.54, 1.807) is 35.0 Å². The Kier molecular flexibility index (Phi) is 5.75. The number of fused-ring (bicyclic) bond motifs is 1. The van der Waals surface area contributed by atoms with Gasteiger partial charge in [-0.1, -0.05) is 12.1 Å². The third kappa shape index (κ3) is 4.63. The number of amides is 2. The van der Waals surface area contributed by atoms with Gasteiger partial charge in [-0.15, -0.1) is 0 Å². The minimum atomic E-state index is -4.70. The Balaban J connectivity index is 1.62. The van der Waals surface area contributed by atoms with E-state index in [0.717, 1.165) is 12.1 Å².